The van der Waals surface area contributed by atoms with Crippen molar-refractivity contribution in [3.8, 4) is 5.75 Å². The van der Waals surface area contributed by atoms with Crippen molar-refractivity contribution in [1.29, 1.82) is 0 Å². The van der Waals surface area contributed by atoms with Crippen molar-refractivity contribution in [2.75, 3.05) is 0 Å². The van der Waals surface area contributed by atoms with Crippen LogP contribution in [0.5, 0.6) is 5.75 Å². The maximum atomic E-state index is 12.9. The lowest BCUT2D eigenvalue weighted by Crippen LogP contribution is -1.96. The molecule has 17 heavy (non-hydrogen) atoms. The maximum absolute atomic E-state index is 12.9. The largest absolute Gasteiger partial charge is 0.487 e. The number of aryl methyl sites for hydroxylation is 1. The molecule has 0 aromatic heterocycles. The van der Waals surface area contributed by atoms with E-state index in [1.165, 1.54) is 12.1 Å². The Bertz CT molecular complexity index is 525. The monoisotopic (exact) mass is 250 g/mol. The summed E-state index contributed by atoms with van der Waals surface area (Å²) < 4.78 is 18.5. The van der Waals surface area contributed by atoms with Crippen molar-refractivity contribution >= 4 is 11.6 Å². The summed E-state index contributed by atoms with van der Waals surface area (Å²) in [5, 5.41) is 0.571. The molecule has 3 heteroatoms. The van der Waals surface area contributed by atoms with Gasteiger partial charge < -0.3 is 4.74 Å². The SMILES string of the molecule is Cc1ccc(OCc2cccc(F)c2)c(Cl)c1. The van der Waals surface area contributed by atoms with E-state index < -0.39 is 0 Å². The van der Waals surface area contributed by atoms with Crippen LogP contribution >= 0.6 is 11.6 Å². The highest BCUT2D eigenvalue weighted by Gasteiger charge is 2.02. The minimum absolute atomic E-state index is 0.263. The molecule has 0 amide bonds. The molecule has 0 bridgehead atoms. The Kier molecular flexibility index (Phi) is 3.64. The van der Waals surface area contributed by atoms with Gasteiger partial charge in [0.2, 0.25) is 0 Å². The lowest BCUT2D eigenvalue weighted by Gasteiger charge is -2.08. The average Bonchev–Trinajstić information content (AvgIpc) is 2.28. The number of hydrogen-bond acceptors (Lipinski definition) is 1. The van der Waals surface area contributed by atoms with Crippen LogP contribution < -0.4 is 4.74 Å². The van der Waals surface area contributed by atoms with Gasteiger partial charge in [0.05, 0.1) is 5.02 Å². The summed E-state index contributed by atoms with van der Waals surface area (Å²) in [4.78, 5) is 0. The van der Waals surface area contributed by atoms with Crippen molar-refractivity contribution in [2.24, 2.45) is 0 Å². The molecule has 0 aliphatic rings. The maximum Gasteiger partial charge on any atom is 0.138 e. The van der Waals surface area contributed by atoms with Gasteiger partial charge in [-0.2, -0.15) is 0 Å². The van der Waals surface area contributed by atoms with Crippen LogP contribution in [0.4, 0.5) is 4.39 Å². The molecule has 0 unspecified atom stereocenters. The Hall–Kier alpha value is -1.54. The molecule has 0 saturated heterocycles. The van der Waals surface area contributed by atoms with Crippen LogP contribution in [-0.4, -0.2) is 0 Å². The van der Waals surface area contributed by atoms with E-state index in [4.69, 9.17) is 16.3 Å². The Labute approximate surface area is 105 Å². The van der Waals surface area contributed by atoms with Crippen LogP contribution in [-0.2, 0) is 6.61 Å². The second-order valence-corrected chi connectivity index (χ2v) is 4.26. The van der Waals surface area contributed by atoms with Gasteiger partial charge in [-0.1, -0.05) is 29.8 Å². The summed E-state index contributed by atoms with van der Waals surface area (Å²) in [6.45, 7) is 2.27. The van der Waals surface area contributed by atoms with Crippen LogP contribution in [0.15, 0.2) is 42.5 Å². The number of hydrogen-bond donors (Lipinski definition) is 0. The molecule has 0 aliphatic carbocycles. The van der Waals surface area contributed by atoms with Gasteiger partial charge in [-0.3, -0.25) is 0 Å². The molecule has 2 rings (SSSR count). The van der Waals surface area contributed by atoms with Crippen LogP contribution in [0.25, 0.3) is 0 Å². The zero-order valence-corrected chi connectivity index (χ0v) is 10.2. The summed E-state index contributed by atoms with van der Waals surface area (Å²) >= 11 is 6.03. The molecule has 0 radical (unpaired) electrons. The summed E-state index contributed by atoms with van der Waals surface area (Å²) in [6.07, 6.45) is 0. The molecule has 0 saturated carbocycles. The van der Waals surface area contributed by atoms with Crippen molar-refractivity contribution < 1.29 is 9.13 Å². The van der Waals surface area contributed by atoms with E-state index in [-0.39, 0.29) is 5.82 Å². The fraction of sp³-hybridized carbons (Fsp3) is 0.143. The van der Waals surface area contributed by atoms with E-state index >= 15 is 0 Å². The smallest absolute Gasteiger partial charge is 0.138 e. The fourth-order valence-electron chi connectivity index (χ4n) is 1.51. The normalized spacial score (nSPS) is 10.3. The first-order valence-electron chi connectivity index (χ1n) is 5.28. The molecule has 0 heterocycles. The van der Waals surface area contributed by atoms with Gasteiger partial charge in [-0.05, 0) is 42.3 Å². The van der Waals surface area contributed by atoms with Crippen molar-refractivity contribution in [2.45, 2.75) is 13.5 Å². The van der Waals surface area contributed by atoms with Gasteiger partial charge in [0.25, 0.3) is 0 Å². The van der Waals surface area contributed by atoms with Crippen LogP contribution in [0.1, 0.15) is 11.1 Å². The predicted octanol–water partition coefficient (Wildman–Crippen LogP) is 4.37. The Morgan fingerprint density at radius 1 is 1.18 bits per heavy atom. The van der Waals surface area contributed by atoms with E-state index in [0.717, 1.165) is 11.1 Å². The van der Waals surface area contributed by atoms with Gasteiger partial charge in [-0.25, -0.2) is 4.39 Å². The highest BCUT2D eigenvalue weighted by molar-refractivity contribution is 6.32. The molecule has 0 fully saturated rings. The van der Waals surface area contributed by atoms with Crippen LogP contribution in [0, 0.1) is 12.7 Å². The van der Waals surface area contributed by atoms with Crippen molar-refractivity contribution in [3.63, 3.8) is 0 Å². The molecule has 0 spiro atoms. The van der Waals surface area contributed by atoms with Gasteiger partial charge in [-0.15, -0.1) is 0 Å². The Morgan fingerprint density at radius 3 is 2.71 bits per heavy atom. The Balaban J connectivity index is 2.07. The third-order valence-corrected chi connectivity index (χ3v) is 2.67. The molecule has 0 aliphatic heterocycles. The zero-order chi connectivity index (χ0) is 12.3. The van der Waals surface area contributed by atoms with Crippen LogP contribution in [0.2, 0.25) is 5.02 Å². The third kappa shape index (κ3) is 3.21. The molecule has 2 aromatic rings. The highest BCUT2D eigenvalue weighted by Crippen LogP contribution is 2.25. The number of rotatable bonds is 3. The molecule has 1 nitrogen and oxygen atoms in total. The number of benzene rings is 2. The minimum Gasteiger partial charge on any atom is -0.487 e. The van der Waals surface area contributed by atoms with Crippen molar-refractivity contribution in [1.82, 2.24) is 0 Å². The molecule has 2 aromatic carbocycles. The molecule has 88 valence electrons. The van der Waals surface area contributed by atoms with Gasteiger partial charge >= 0.3 is 0 Å². The van der Waals surface area contributed by atoms with Gasteiger partial charge in [0.15, 0.2) is 0 Å². The molecule has 0 N–H and O–H groups in total. The summed E-state index contributed by atoms with van der Waals surface area (Å²) in [5.74, 6) is 0.350. The van der Waals surface area contributed by atoms with Crippen LogP contribution in [0.3, 0.4) is 0 Å². The third-order valence-electron chi connectivity index (χ3n) is 2.37. The number of halogens is 2. The van der Waals surface area contributed by atoms with E-state index in [0.29, 0.717) is 17.4 Å². The first-order valence-corrected chi connectivity index (χ1v) is 5.66. The van der Waals surface area contributed by atoms with Gasteiger partial charge in [0.1, 0.15) is 18.2 Å². The first kappa shape index (κ1) is 11.9. The quantitative estimate of drug-likeness (QED) is 0.786. The van der Waals surface area contributed by atoms with E-state index in [1.807, 2.05) is 31.2 Å². The number of ether oxygens (including phenoxy) is 1. The standard InChI is InChI=1S/C14H12ClFO/c1-10-5-6-14(13(15)7-10)17-9-11-3-2-4-12(16)8-11/h2-8H,9H2,1H3. The minimum atomic E-state index is -0.263. The second kappa shape index (κ2) is 5.19. The second-order valence-electron chi connectivity index (χ2n) is 3.85. The highest BCUT2D eigenvalue weighted by atomic mass is 35.5. The van der Waals surface area contributed by atoms with Gasteiger partial charge in [0, 0.05) is 0 Å². The molecular weight excluding hydrogens is 239 g/mol. The predicted molar refractivity (Wildman–Crippen MR) is 66.9 cm³/mol. The Morgan fingerprint density at radius 2 is 2.00 bits per heavy atom. The topological polar surface area (TPSA) is 9.23 Å². The lowest BCUT2D eigenvalue weighted by molar-refractivity contribution is 0.305. The summed E-state index contributed by atoms with van der Waals surface area (Å²) in [6, 6.07) is 11.9. The summed E-state index contributed by atoms with van der Waals surface area (Å²) in [7, 11) is 0. The summed E-state index contributed by atoms with van der Waals surface area (Å²) in [5.41, 5.74) is 1.86. The zero-order valence-electron chi connectivity index (χ0n) is 9.41. The van der Waals surface area contributed by atoms with Crippen molar-refractivity contribution in [3.05, 3.63) is 64.4 Å². The lowest BCUT2D eigenvalue weighted by atomic mass is 10.2. The molecule has 0 atom stereocenters. The molecular formula is C14H12ClFO. The van der Waals surface area contributed by atoms with E-state index in [9.17, 15) is 4.39 Å². The fourth-order valence-corrected chi connectivity index (χ4v) is 1.80. The van der Waals surface area contributed by atoms with E-state index in [2.05, 4.69) is 0 Å². The first-order chi connectivity index (χ1) is 8.15. The van der Waals surface area contributed by atoms with E-state index in [1.54, 1.807) is 6.07 Å². The average molecular weight is 251 g/mol.